The first-order valence-electron chi connectivity index (χ1n) is 5.78. The molecule has 2 atom stereocenters. The number of hydrogen-bond donors (Lipinski definition) is 0. The van der Waals surface area contributed by atoms with Crippen LogP contribution in [-0.2, 0) is 0 Å². The summed E-state index contributed by atoms with van der Waals surface area (Å²) in [5.41, 5.74) is 1.93. The van der Waals surface area contributed by atoms with Crippen LogP contribution in [0.1, 0.15) is 54.4 Å². The lowest BCUT2D eigenvalue weighted by atomic mass is 10.1. The van der Waals surface area contributed by atoms with Crippen molar-refractivity contribution >= 4 is 9.52 Å². The van der Waals surface area contributed by atoms with Crippen LogP contribution in [0.15, 0.2) is 0 Å². The first-order valence-corrected chi connectivity index (χ1v) is 6.94. The third-order valence-corrected chi connectivity index (χ3v) is 5.92. The maximum absolute atomic E-state index is 2.37. The molecule has 2 radical (unpaired) electrons. The SMILES string of the molecule is CCC([Si]C(CC)C(C)C)C(C)C. The van der Waals surface area contributed by atoms with Gasteiger partial charge in [-0.15, -0.1) is 0 Å². The van der Waals surface area contributed by atoms with Crippen molar-refractivity contribution < 1.29 is 0 Å². The lowest BCUT2D eigenvalue weighted by molar-refractivity contribution is 0.524. The standard InChI is InChI=1S/C12H26Si/c1-7-11(9(3)4)13-12(8-2)10(5)6/h9-12H,7-8H2,1-6H3. The molecule has 0 amide bonds. The van der Waals surface area contributed by atoms with Crippen LogP contribution >= 0.6 is 0 Å². The van der Waals surface area contributed by atoms with E-state index in [0.29, 0.717) is 0 Å². The third kappa shape index (κ3) is 4.85. The largest absolute Gasteiger partial charge is 0.0654 e. The molecule has 0 saturated heterocycles. The summed E-state index contributed by atoms with van der Waals surface area (Å²) >= 11 is 0. The second kappa shape index (κ2) is 6.64. The molecule has 0 rings (SSSR count). The van der Waals surface area contributed by atoms with Gasteiger partial charge in [0.25, 0.3) is 0 Å². The molecule has 0 bridgehead atoms. The molecule has 0 aliphatic heterocycles. The molecule has 0 N–H and O–H groups in total. The van der Waals surface area contributed by atoms with Crippen LogP contribution in [0.5, 0.6) is 0 Å². The van der Waals surface area contributed by atoms with Gasteiger partial charge in [-0.05, 0) is 22.9 Å². The molecule has 13 heavy (non-hydrogen) atoms. The number of hydrogen-bond acceptors (Lipinski definition) is 0. The van der Waals surface area contributed by atoms with E-state index in [4.69, 9.17) is 0 Å². The maximum atomic E-state index is 2.37. The molecule has 0 fully saturated rings. The first kappa shape index (κ1) is 13.2. The zero-order valence-electron chi connectivity index (χ0n) is 10.2. The minimum atomic E-state index is 0.871. The quantitative estimate of drug-likeness (QED) is 0.555. The Morgan fingerprint density at radius 3 is 1.23 bits per heavy atom. The second-order valence-corrected chi connectivity index (χ2v) is 6.50. The minimum Gasteiger partial charge on any atom is -0.0654 e. The lowest BCUT2D eigenvalue weighted by Gasteiger charge is -2.26. The predicted octanol–water partition coefficient (Wildman–Crippen LogP) is 4.40. The van der Waals surface area contributed by atoms with E-state index in [-0.39, 0.29) is 0 Å². The van der Waals surface area contributed by atoms with E-state index in [1.165, 1.54) is 22.4 Å². The Hall–Kier alpha value is 0.217. The van der Waals surface area contributed by atoms with Crippen molar-refractivity contribution in [1.29, 1.82) is 0 Å². The highest BCUT2D eigenvalue weighted by atomic mass is 28.2. The number of rotatable bonds is 6. The van der Waals surface area contributed by atoms with Gasteiger partial charge < -0.3 is 0 Å². The van der Waals surface area contributed by atoms with Crippen molar-refractivity contribution in [2.24, 2.45) is 11.8 Å². The molecule has 1 heteroatoms. The molecule has 0 aliphatic carbocycles. The van der Waals surface area contributed by atoms with E-state index >= 15 is 0 Å². The summed E-state index contributed by atoms with van der Waals surface area (Å²) in [7, 11) is 1.18. The molecule has 2 unspecified atom stereocenters. The Balaban J connectivity index is 4.03. The van der Waals surface area contributed by atoms with Gasteiger partial charge in [-0.25, -0.2) is 0 Å². The molecule has 0 aliphatic rings. The van der Waals surface area contributed by atoms with Crippen LogP contribution in [0.3, 0.4) is 0 Å². The van der Waals surface area contributed by atoms with E-state index in [1.54, 1.807) is 0 Å². The van der Waals surface area contributed by atoms with E-state index in [0.717, 1.165) is 22.9 Å². The van der Waals surface area contributed by atoms with Crippen LogP contribution in [0.25, 0.3) is 0 Å². The third-order valence-electron chi connectivity index (χ3n) is 2.92. The fraction of sp³-hybridized carbons (Fsp3) is 1.00. The fourth-order valence-electron chi connectivity index (χ4n) is 1.84. The van der Waals surface area contributed by atoms with Gasteiger partial charge >= 0.3 is 0 Å². The molecule has 0 heterocycles. The first-order chi connectivity index (χ1) is 6.02. The van der Waals surface area contributed by atoms with Crippen molar-refractivity contribution in [3.8, 4) is 0 Å². The molecule has 0 aromatic rings. The average molecular weight is 198 g/mol. The Labute approximate surface area is 87.3 Å². The zero-order valence-corrected chi connectivity index (χ0v) is 11.2. The molecule has 0 nitrogen and oxygen atoms in total. The molecule has 0 aromatic carbocycles. The van der Waals surface area contributed by atoms with Crippen LogP contribution in [-0.4, -0.2) is 9.52 Å². The van der Waals surface area contributed by atoms with Crippen LogP contribution in [0, 0.1) is 11.8 Å². The summed E-state index contributed by atoms with van der Waals surface area (Å²) in [6.45, 7) is 14.2. The van der Waals surface area contributed by atoms with Crippen molar-refractivity contribution in [2.45, 2.75) is 65.5 Å². The van der Waals surface area contributed by atoms with Gasteiger partial charge in [0.15, 0.2) is 0 Å². The summed E-state index contributed by atoms with van der Waals surface area (Å²) < 4.78 is 0. The molecule has 78 valence electrons. The molecule has 0 aromatic heterocycles. The monoisotopic (exact) mass is 198 g/mol. The highest BCUT2D eigenvalue weighted by Gasteiger charge is 2.19. The molecular formula is C12H26Si. The van der Waals surface area contributed by atoms with Gasteiger partial charge in [0.05, 0.1) is 0 Å². The highest BCUT2D eigenvalue weighted by Crippen LogP contribution is 2.30. The van der Waals surface area contributed by atoms with Crippen molar-refractivity contribution in [1.82, 2.24) is 0 Å². The van der Waals surface area contributed by atoms with E-state index in [2.05, 4.69) is 41.5 Å². The van der Waals surface area contributed by atoms with Crippen LogP contribution in [0.4, 0.5) is 0 Å². The Kier molecular flexibility index (Phi) is 6.75. The normalized spacial score (nSPS) is 16.6. The van der Waals surface area contributed by atoms with E-state index in [1.807, 2.05) is 0 Å². The predicted molar refractivity (Wildman–Crippen MR) is 63.5 cm³/mol. The molecular weight excluding hydrogens is 172 g/mol. The van der Waals surface area contributed by atoms with Gasteiger partial charge in [0.2, 0.25) is 0 Å². The topological polar surface area (TPSA) is 0 Å². The van der Waals surface area contributed by atoms with Gasteiger partial charge in [-0.2, -0.15) is 0 Å². The van der Waals surface area contributed by atoms with Crippen LogP contribution in [0.2, 0.25) is 11.1 Å². The van der Waals surface area contributed by atoms with Crippen molar-refractivity contribution in [2.75, 3.05) is 0 Å². The minimum absolute atomic E-state index is 0.871. The summed E-state index contributed by atoms with van der Waals surface area (Å²) in [4.78, 5) is 0. The van der Waals surface area contributed by atoms with Crippen molar-refractivity contribution in [3.05, 3.63) is 0 Å². The van der Waals surface area contributed by atoms with Crippen LogP contribution < -0.4 is 0 Å². The fourth-order valence-corrected chi connectivity index (χ4v) is 3.63. The second-order valence-electron chi connectivity index (χ2n) is 4.68. The lowest BCUT2D eigenvalue weighted by Crippen LogP contribution is -2.18. The smallest absolute Gasteiger partial charge is 0.0453 e. The van der Waals surface area contributed by atoms with E-state index < -0.39 is 0 Å². The van der Waals surface area contributed by atoms with Gasteiger partial charge in [0.1, 0.15) is 0 Å². The summed E-state index contributed by atoms with van der Waals surface area (Å²) in [5.74, 6) is 1.74. The summed E-state index contributed by atoms with van der Waals surface area (Å²) in [5, 5.41) is 0. The Bertz CT molecular complexity index is 104. The Morgan fingerprint density at radius 2 is 1.08 bits per heavy atom. The zero-order chi connectivity index (χ0) is 10.4. The van der Waals surface area contributed by atoms with E-state index in [9.17, 15) is 0 Å². The Morgan fingerprint density at radius 1 is 0.769 bits per heavy atom. The average Bonchev–Trinajstić information content (AvgIpc) is 2.05. The summed E-state index contributed by atoms with van der Waals surface area (Å²) in [6.07, 6.45) is 2.72. The van der Waals surface area contributed by atoms with Gasteiger partial charge in [0, 0.05) is 9.52 Å². The molecule has 0 saturated carbocycles. The van der Waals surface area contributed by atoms with Gasteiger partial charge in [-0.3, -0.25) is 0 Å². The van der Waals surface area contributed by atoms with Gasteiger partial charge in [-0.1, -0.05) is 54.4 Å². The summed E-state index contributed by atoms with van der Waals surface area (Å²) in [6, 6.07) is 0. The molecule has 0 spiro atoms. The van der Waals surface area contributed by atoms with Crippen molar-refractivity contribution in [3.63, 3.8) is 0 Å². The highest BCUT2D eigenvalue weighted by molar-refractivity contribution is 6.39. The maximum Gasteiger partial charge on any atom is 0.0453 e.